The number of aliphatic carboxylic acids is 1. The lowest BCUT2D eigenvalue weighted by atomic mass is 9.86. The molecule has 0 saturated carbocycles. The Kier molecular flexibility index (Phi) is 5.13. The van der Waals surface area contributed by atoms with Crippen molar-refractivity contribution in [1.29, 1.82) is 0 Å². The third-order valence-corrected chi connectivity index (χ3v) is 3.29. The van der Waals surface area contributed by atoms with E-state index >= 15 is 0 Å². The second-order valence-corrected chi connectivity index (χ2v) is 4.36. The van der Waals surface area contributed by atoms with Crippen LogP contribution in [0.3, 0.4) is 0 Å². The van der Waals surface area contributed by atoms with Crippen molar-refractivity contribution < 1.29 is 14.3 Å². The third-order valence-electron chi connectivity index (χ3n) is 3.29. The lowest BCUT2D eigenvalue weighted by Gasteiger charge is -2.18. The Bertz CT molecular complexity index is 355. The van der Waals surface area contributed by atoms with Gasteiger partial charge in [-0.2, -0.15) is 0 Å². The topological polar surface area (TPSA) is 37.3 Å². The molecule has 1 unspecified atom stereocenters. The predicted octanol–water partition coefficient (Wildman–Crippen LogP) is 3.82. The molecular formula is C14H19FO2. The Labute approximate surface area is 101 Å². The summed E-state index contributed by atoms with van der Waals surface area (Å²) < 4.78 is 12.8. The van der Waals surface area contributed by atoms with Crippen LogP contribution in [0.25, 0.3) is 0 Å². The van der Waals surface area contributed by atoms with E-state index in [0.717, 1.165) is 12.8 Å². The van der Waals surface area contributed by atoms with Gasteiger partial charge in [0.2, 0.25) is 0 Å². The smallest absolute Gasteiger partial charge is 0.310 e. The molecule has 1 aromatic carbocycles. The second kappa shape index (κ2) is 6.38. The van der Waals surface area contributed by atoms with E-state index in [1.165, 1.54) is 12.1 Å². The number of benzene rings is 1. The van der Waals surface area contributed by atoms with Gasteiger partial charge in [-0.1, -0.05) is 38.8 Å². The van der Waals surface area contributed by atoms with Crippen LogP contribution in [-0.4, -0.2) is 11.1 Å². The Morgan fingerprint density at radius 2 is 1.76 bits per heavy atom. The molecule has 3 heteroatoms. The maximum atomic E-state index is 12.8. The zero-order valence-corrected chi connectivity index (χ0v) is 10.3. The van der Waals surface area contributed by atoms with Crippen molar-refractivity contribution in [3.05, 3.63) is 35.6 Å². The summed E-state index contributed by atoms with van der Waals surface area (Å²) in [5, 5.41) is 9.24. The fourth-order valence-corrected chi connectivity index (χ4v) is 2.03. The Morgan fingerprint density at radius 3 is 2.18 bits per heavy atom. The molecule has 0 saturated heterocycles. The van der Waals surface area contributed by atoms with E-state index in [2.05, 4.69) is 13.8 Å². The van der Waals surface area contributed by atoms with Crippen LogP contribution in [0.15, 0.2) is 24.3 Å². The fraction of sp³-hybridized carbons (Fsp3) is 0.500. The van der Waals surface area contributed by atoms with Crippen LogP contribution in [0, 0.1) is 11.7 Å². The normalized spacial score (nSPS) is 12.7. The molecule has 94 valence electrons. The van der Waals surface area contributed by atoms with Crippen molar-refractivity contribution in [3.63, 3.8) is 0 Å². The molecule has 1 N–H and O–H groups in total. The van der Waals surface area contributed by atoms with E-state index in [1.54, 1.807) is 12.1 Å². The molecule has 17 heavy (non-hydrogen) atoms. The van der Waals surface area contributed by atoms with Gasteiger partial charge in [-0.05, 0) is 30.0 Å². The van der Waals surface area contributed by atoms with Crippen LogP contribution < -0.4 is 0 Å². The summed E-state index contributed by atoms with van der Waals surface area (Å²) in [6, 6.07) is 5.77. The molecule has 1 aromatic rings. The lowest BCUT2D eigenvalue weighted by molar-refractivity contribution is -0.139. The monoisotopic (exact) mass is 238 g/mol. The highest BCUT2D eigenvalue weighted by atomic mass is 19.1. The van der Waals surface area contributed by atoms with E-state index in [9.17, 15) is 14.3 Å². The van der Waals surface area contributed by atoms with Crippen molar-refractivity contribution >= 4 is 5.97 Å². The average molecular weight is 238 g/mol. The maximum Gasteiger partial charge on any atom is 0.310 e. The van der Waals surface area contributed by atoms with Gasteiger partial charge in [0.25, 0.3) is 0 Å². The molecule has 0 aliphatic carbocycles. The molecule has 1 rings (SSSR count). The summed E-state index contributed by atoms with van der Waals surface area (Å²) in [7, 11) is 0. The fourth-order valence-electron chi connectivity index (χ4n) is 2.03. The number of halogens is 1. The Balaban J connectivity index is 2.85. The summed E-state index contributed by atoms with van der Waals surface area (Å²) in [5.41, 5.74) is 0.686. The van der Waals surface area contributed by atoms with Crippen LogP contribution in [0.2, 0.25) is 0 Å². The number of hydrogen-bond donors (Lipinski definition) is 1. The Morgan fingerprint density at radius 1 is 1.24 bits per heavy atom. The number of rotatable bonds is 6. The molecule has 0 amide bonds. The quantitative estimate of drug-likeness (QED) is 0.818. The summed E-state index contributed by atoms with van der Waals surface area (Å²) >= 11 is 0. The predicted molar refractivity (Wildman–Crippen MR) is 65.5 cm³/mol. The van der Waals surface area contributed by atoms with Crippen LogP contribution in [0.5, 0.6) is 0 Å². The first-order chi connectivity index (χ1) is 8.08. The van der Waals surface area contributed by atoms with Crippen LogP contribution in [-0.2, 0) is 4.79 Å². The Hall–Kier alpha value is -1.38. The summed E-state index contributed by atoms with van der Waals surface area (Å²) in [5.74, 6) is -1.29. The molecule has 1 atom stereocenters. The van der Waals surface area contributed by atoms with Gasteiger partial charge in [-0.3, -0.25) is 4.79 Å². The minimum atomic E-state index is -0.830. The highest BCUT2D eigenvalue weighted by Gasteiger charge is 2.22. The van der Waals surface area contributed by atoms with Crippen molar-refractivity contribution in [2.45, 2.75) is 39.0 Å². The highest BCUT2D eigenvalue weighted by molar-refractivity contribution is 5.76. The molecule has 0 bridgehead atoms. The van der Waals surface area contributed by atoms with Crippen molar-refractivity contribution in [2.24, 2.45) is 5.92 Å². The molecule has 0 aromatic heterocycles. The average Bonchev–Trinajstić information content (AvgIpc) is 2.32. The van der Waals surface area contributed by atoms with Gasteiger partial charge in [-0.15, -0.1) is 0 Å². The van der Waals surface area contributed by atoms with Gasteiger partial charge in [0, 0.05) is 0 Å². The van der Waals surface area contributed by atoms with E-state index in [-0.39, 0.29) is 5.82 Å². The molecule has 0 spiro atoms. The van der Waals surface area contributed by atoms with E-state index in [1.807, 2.05) is 0 Å². The second-order valence-electron chi connectivity index (χ2n) is 4.36. The number of carboxylic acid groups (broad SMARTS) is 1. The molecular weight excluding hydrogens is 219 g/mol. The van der Waals surface area contributed by atoms with E-state index in [4.69, 9.17) is 0 Å². The largest absolute Gasteiger partial charge is 0.481 e. The van der Waals surface area contributed by atoms with Crippen LogP contribution in [0.1, 0.15) is 44.6 Å². The van der Waals surface area contributed by atoms with Crippen LogP contribution >= 0.6 is 0 Å². The SMILES string of the molecule is CCC(CC)CC(C(=O)O)c1ccc(F)cc1. The maximum absolute atomic E-state index is 12.8. The van der Waals surface area contributed by atoms with E-state index in [0.29, 0.717) is 17.9 Å². The standard InChI is InChI=1S/C14H19FO2/c1-3-10(4-2)9-13(14(16)17)11-5-7-12(15)8-6-11/h5-8,10,13H,3-4,9H2,1-2H3,(H,16,17). The van der Waals surface area contributed by atoms with Crippen LogP contribution in [0.4, 0.5) is 4.39 Å². The third kappa shape index (κ3) is 3.84. The first-order valence-corrected chi connectivity index (χ1v) is 6.06. The van der Waals surface area contributed by atoms with Crippen molar-refractivity contribution in [1.82, 2.24) is 0 Å². The lowest BCUT2D eigenvalue weighted by Crippen LogP contribution is -2.15. The van der Waals surface area contributed by atoms with Gasteiger partial charge in [-0.25, -0.2) is 4.39 Å². The van der Waals surface area contributed by atoms with Gasteiger partial charge in [0.15, 0.2) is 0 Å². The number of carbonyl (C=O) groups is 1. The summed E-state index contributed by atoms with van der Waals surface area (Å²) in [6.07, 6.45) is 2.57. The van der Waals surface area contributed by atoms with Crippen molar-refractivity contribution in [2.75, 3.05) is 0 Å². The zero-order valence-electron chi connectivity index (χ0n) is 10.3. The molecule has 0 fully saturated rings. The first kappa shape index (κ1) is 13.7. The van der Waals surface area contributed by atoms with Gasteiger partial charge in [0.05, 0.1) is 5.92 Å². The molecule has 0 aliphatic heterocycles. The molecule has 0 aliphatic rings. The molecule has 0 heterocycles. The summed E-state index contributed by atoms with van der Waals surface area (Å²) in [4.78, 5) is 11.3. The summed E-state index contributed by atoms with van der Waals surface area (Å²) in [6.45, 7) is 4.13. The molecule has 2 nitrogen and oxygen atoms in total. The number of hydrogen-bond acceptors (Lipinski definition) is 1. The highest BCUT2D eigenvalue weighted by Crippen LogP contribution is 2.27. The minimum Gasteiger partial charge on any atom is -0.481 e. The van der Waals surface area contributed by atoms with Gasteiger partial charge in [0.1, 0.15) is 5.82 Å². The first-order valence-electron chi connectivity index (χ1n) is 6.06. The zero-order chi connectivity index (χ0) is 12.8. The van der Waals surface area contributed by atoms with Gasteiger partial charge < -0.3 is 5.11 Å². The van der Waals surface area contributed by atoms with E-state index < -0.39 is 11.9 Å². The van der Waals surface area contributed by atoms with Crippen molar-refractivity contribution in [3.8, 4) is 0 Å². The van der Waals surface area contributed by atoms with Gasteiger partial charge >= 0.3 is 5.97 Å². The minimum absolute atomic E-state index is 0.333. The molecule has 0 radical (unpaired) electrons. The number of carboxylic acids is 1.